The van der Waals surface area contributed by atoms with Gasteiger partial charge in [0.05, 0.1) is 15.5 Å². The highest BCUT2D eigenvalue weighted by molar-refractivity contribution is 7.98. The first-order chi connectivity index (χ1) is 9.61. The number of nitrogens with one attached hydrogen (secondary N) is 1. The average Bonchev–Trinajstić information content (AvgIpc) is 2.46. The monoisotopic (exact) mass is 308 g/mol. The standard InChI is InChI=1S/C14H13ClN2O2S/c1-20-11-7-5-10(6-8-11)16-9-12-13(15)3-2-4-14(12)17(18)19/h2-8,16H,9H2,1H3. The molecule has 2 rings (SSSR count). The molecule has 0 saturated heterocycles. The summed E-state index contributed by atoms with van der Waals surface area (Å²) in [6.07, 6.45) is 2.01. The maximum atomic E-state index is 11.0. The Morgan fingerprint density at radius 1 is 1.25 bits per heavy atom. The average molecular weight is 309 g/mol. The summed E-state index contributed by atoms with van der Waals surface area (Å²) in [6.45, 7) is 0.314. The Balaban J connectivity index is 2.16. The number of nitrogens with zero attached hydrogens (tertiary/aromatic N) is 1. The molecule has 104 valence electrons. The van der Waals surface area contributed by atoms with Crippen LogP contribution in [0.3, 0.4) is 0 Å². The second kappa shape index (κ2) is 6.63. The summed E-state index contributed by atoms with van der Waals surface area (Å²) >= 11 is 7.70. The fourth-order valence-electron chi connectivity index (χ4n) is 1.79. The second-order valence-corrected chi connectivity index (χ2v) is 5.36. The zero-order valence-electron chi connectivity index (χ0n) is 10.8. The molecule has 0 aliphatic heterocycles. The second-order valence-electron chi connectivity index (χ2n) is 4.08. The SMILES string of the molecule is CSc1ccc(NCc2c(Cl)cccc2[N+](=O)[O-])cc1. The van der Waals surface area contributed by atoms with Gasteiger partial charge in [-0.2, -0.15) is 0 Å². The van der Waals surface area contributed by atoms with Crippen molar-refractivity contribution in [3.8, 4) is 0 Å². The van der Waals surface area contributed by atoms with Crippen LogP contribution in [0, 0.1) is 10.1 Å². The fourth-order valence-corrected chi connectivity index (χ4v) is 2.44. The van der Waals surface area contributed by atoms with Gasteiger partial charge in [0.25, 0.3) is 5.69 Å². The van der Waals surface area contributed by atoms with Crippen LogP contribution < -0.4 is 5.32 Å². The molecule has 0 heterocycles. The van der Waals surface area contributed by atoms with Gasteiger partial charge in [-0.15, -0.1) is 11.8 Å². The zero-order valence-corrected chi connectivity index (χ0v) is 12.4. The summed E-state index contributed by atoms with van der Waals surface area (Å²) in [5.41, 5.74) is 1.43. The molecular weight excluding hydrogens is 296 g/mol. The zero-order chi connectivity index (χ0) is 14.5. The van der Waals surface area contributed by atoms with Crippen molar-refractivity contribution in [2.45, 2.75) is 11.4 Å². The predicted molar refractivity (Wildman–Crippen MR) is 83.7 cm³/mol. The van der Waals surface area contributed by atoms with Crippen molar-refractivity contribution in [3.63, 3.8) is 0 Å². The molecule has 6 heteroatoms. The first-order valence-electron chi connectivity index (χ1n) is 5.91. The first-order valence-corrected chi connectivity index (χ1v) is 7.52. The lowest BCUT2D eigenvalue weighted by Gasteiger charge is -2.09. The van der Waals surface area contributed by atoms with Crippen LogP contribution in [0.4, 0.5) is 11.4 Å². The molecule has 0 saturated carbocycles. The Morgan fingerprint density at radius 2 is 1.95 bits per heavy atom. The number of benzene rings is 2. The highest BCUT2D eigenvalue weighted by atomic mass is 35.5. The van der Waals surface area contributed by atoms with E-state index in [9.17, 15) is 10.1 Å². The fraction of sp³-hybridized carbons (Fsp3) is 0.143. The van der Waals surface area contributed by atoms with Crippen molar-refractivity contribution in [2.24, 2.45) is 0 Å². The van der Waals surface area contributed by atoms with Crippen molar-refractivity contribution in [2.75, 3.05) is 11.6 Å². The number of nitro benzene ring substituents is 1. The van der Waals surface area contributed by atoms with Gasteiger partial charge in [-0.25, -0.2) is 0 Å². The normalized spacial score (nSPS) is 10.3. The maximum Gasteiger partial charge on any atom is 0.275 e. The molecule has 0 atom stereocenters. The molecule has 0 aliphatic carbocycles. The number of halogens is 1. The van der Waals surface area contributed by atoms with Gasteiger partial charge in [0.15, 0.2) is 0 Å². The molecule has 20 heavy (non-hydrogen) atoms. The van der Waals surface area contributed by atoms with Crippen LogP contribution in [0.5, 0.6) is 0 Å². The molecule has 0 spiro atoms. The van der Waals surface area contributed by atoms with Crippen molar-refractivity contribution >= 4 is 34.7 Å². The van der Waals surface area contributed by atoms with E-state index >= 15 is 0 Å². The smallest absolute Gasteiger partial charge is 0.275 e. The van der Waals surface area contributed by atoms with E-state index in [1.807, 2.05) is 30.5 Å². The van der Waals surface area contributed by atoms with E-state index in [0.717, 1.165) is 5.69 Å². The van der Waals surface area contributed by atoms with Crippen molar-refractivity contribution < 1.29 is 4.92 Å². The Morgan fingerprint density at radius 3 is 2.55 bits per heavy atom. The predicted octanol–water partition coefficient (Wildman–Crippen LogP) is 4.58. The third-order valence-electron chi connectivity index (χ3n) is 2.85. The van der Waals surface area contributed by atoms with Gasteiger partial charge in [-0.05, 0) is 36.6 Å². The van der Waals surface area contributed by atoms with Crippen LogP contribution in [0.1, 0.15) is 5.56 Å². The van der Waals surface area contributed by atoms with Crippen molar-refractivity contribution in [3.05, 3.63) is 63.2 Å². The third kappa shape index (κ3) is 3.43. The van der Waals surface area contributed by atoms with Crippen LogP contribution in [-0.4, -0.2) is 11.2 Å². The van der Waals surface area contributed by atoms with Gasteiger partial charge < -0.3 is 5.32 Å². The molecule has 2 aromatic carbocycles. The summed E-state index contributed by atoms with van der Waals surface area (Å²) in [4.78, 5) is 11.7. The Labute approximate surface area is 126 Å². The minimum absolute atomic E-state index is 0.0331. The maximum absolute atomic E-state index is 11.0. The molecule has 0 radical (unpaired) electrons. The molecule has 0 aliphatic rings. The van der Waals surface area contributed by atoms with E-state index in [1.54, 1.807) is 23.9 Å². The van der Waals surface area contributed by atoms with E-state index in [4.69, 9.17) is 11.6 Å². The van der Waals surface area contributed by atoms with E-state index in [1.165, 1.54) is 11.0 Å². The number of anilines is 1. The van der Waals surface area contributed by atoms with Gasteiger partial charge in [0.1, 0.15) is 0 Å². The molecule has 0 amide bonds. The van der Waals surface area contributed by atoms with E-state index < -0.39 is 4.92 Å². The van der Waals surface area contributed by atoms with Gasteiger partial charge >= 0.3 is 0 Å². The molecule has 1 N–H and O–H groups in total. The lowest BCUT2D eigenvalue weighted by atomic mass is 10.1. The summed E-state index contributed by atoms with van der Waals surface area (Å²) in [6, 6.07) is 12.6. The molecule has 2 aromatic rings. The summed E-state index contributed by atoms with van der Waals surface area (Å²) in [5.74, 6) is 0. The topological polar surface area (TPSA) is 55.2 Å². The van der Waals surface area contributed by atoms with Gasteiger partial charge in [-0.3, -0.25) is 10.1 Å². The number of rotatable bonds is 5. The number of hydrogen-bond donors (Lipinski definition) is 1. The van der Waals surface area contributed by atoms with E-state index in [2.05, 4.69) is 5.32 Å². The minimum Gasteiger partial charge on any atom is -0.381 e. The Bertz CT molecular complexity index is 617. The van der Waals surface area contributed by atoms with Crippen LogP contribution in [0.15, 0.2) is 47.4 Å². The van der Waals surface area contributed by atoms with Crippen LogP contribution in [0.25, 0.3) is 0 Å². The summed E-state index contributed by atoms with van der Waals surface area (Å²) < 4.78 is 0. The summed E-state index contributed by atoms with van der Waals surface area (Å²) in [7, 11) is 0. The van der Waals surface area contributed by atoms with Gasteiger partial charge in [0.2, 0.25) is 0 Å². The highest BCUT2D eigenvalue weighted by Gasteiger charge is 2.15. The molecule has 4 nitrogen and oxygen atoms in total. The molecule has 0 fully saturated rings. The molecule has 0 bridgehead atoms. The minimum atomic E-state index is -0.417. The van der Waals surface area contributed by atoms with Gasteiger partial charge in [0, 0.05) is 23.2 Å². The largest absolute Gasteiger partial charge is 0.381 e. The number of hydrogen-bond acceptors (Lipinski definition) is 4. The molecular formula is C14H13ClN2O2S. The molecule has 0 aromatic heterocycles. The first kappa shape index (κ1) is 14.7. The van der Waals surface area contributed by atoms with E-state index in [0.29, 0.717) is 17.1 Å². The van der Waals surface area contributed by atoms with Crippen molar-refractivity contribution in [1.29, 1.82) is 0 Å². The Kier molecular flexibility index (Phi) is 4.87. The highest BCUT2D eigenvalue weighted by Crippen LogP contribution is 2.27. The van der Waals surface area contributed by atoms with Gasteiger partial charge in [-0.1, -0.05) is 17.7 Å². The summed E-state index contributed by atoms with van der Waals surface area (Å²) in [5, 5.41) is 14.5. The quantitative estimate of drug-likeness (QED) is 0.499. The van der Waals surface area contributed by atoms with Crippen LogP contribution in [-0.2, 0) is 6.54 Å². The number of thioether (sulfide) groups is 1. The number of nitro groups is 1. The Hall–Kier alpha value is -1.72. The van der Waals surface area contributed by atoms with Crippen LogP contribution in [0.2, 0.25) is 5.02 Å². The lowest BCUT2D eigenvalue weighted by Crippen LogP contribution is -2.03. The molecule has 0 unspecified atom stereocenters. The third-order valence-corrected chi connectivity index (χ3v) is 3.95. The lowest BCUT2D eigenvalue weighted by molar-refractivity contribution is -0.385. The van der Waals surface area contributed by atoms with Crippen molar-refractivity contribution in [1.82, 2.24) is 0 Å². The van der Waals surface area contributed by atoms with E-state index in [-0.39, 0.29) is 5.69 Å². The van der Waals surface area contributed by atoms with Crippen LogP contribution >= 0.6 is 23.4 Å².